The van der Waals surface area contributed by atoms with Gasteiger partial charge in [-0.3, -0.25) is 9.89 Å². The highest BCUT2D eigenvalue weighted by Crippen LogP contribution is 2.41. The second-order valence-electron chi connectivity index (χ2n) is 7.97. The Morgan fingerprint density at radius 3 is 2.43 bits per heavy atom. The zero-order valence-electron chi connectivity index (χ0n) is 17.0. The van der Waals surface area contributed by atoms with Gasteiger partial charge >= 0.3 is 0 Å². The maximum Gasteiger partial charge on any atom is 0.191 e. The van der Waals surface area contributed by atoms with Crippen LogP contribution >= 0.6 is 0 Å². The number of nitrogens with zero attached hydrogens (tertiary/aromatic N) is 2. The highest BCUT2D eigenvalue weighted by molar-refractivity contribution is 7.91. The number of guanidine groups is 1. The summed E-state index contributed by atoms with van der Waals surface area (Å²) in [7, 11) is -2.82. The number of hydrogen-bond acceptors (Lipinski definition) is 4. The summed E-state index contributed by atoms with van der Waals surface area (Å²) in [6.07, 6.45) is 4.93. The molecule has 0 amide bonds. The summed E-state index contributed by atoms with van der Waals surface area (Å²) < 4.78 is 23.1. The van der Waals surface area contributed by atoms with E-state index >= 15 is 0 Å². The van der Waals surface area contributed by atoms with Crippen molar-refractivity contribution >= 4 is 15.8 Å². The molecule has 2 N–H and O–H groups in total. The first-order valence-corrected chi connectivity index (χ1v) is 12.4. The topological polar surface area (TPSA) is 73.8 Å². The quantitative estimate of drug-likeness (QED) is 0.533. The molecule has 1 heterocycles. The first-order chi connectivity index (χ1) is 13.5. The van der Waals surface area contributed by atoms with Gasteiger partial charge in [0.1, 0.15) is 0 Å². The highest BCUT2D eigenvalue weighted by atomic mass is 32.2. The van der Waals surface area contributed by atoms with Crippen molar-refractivity contribution in [3.63, 3.8) is 0 Å². The van der Waals surface area contributed by atoms with Gasteiger partial charge in [0.15, 0.2) is 15.8 Å². The summed E-state index contributed by atoms with van der Waals surface area (Å²) in [5, 5.41) is 6.78. The molecule has 156 valence electrons. The van der Waals surface area contributed by atoms with Gasteiger partial charge in [0.05, 0.1) is 18.1 Å². The summed E-state index contributed by atoms with van der Waals surface area (Å²) in [5.74, 6) is 1.41. The number of benzene rings is 1. The van der Waals surface area contributed by atoms with Gasteiger partial charge in [-0.1, -0.05) is 43.2 Å². The molecule has 1 saturated heterocycles. The molecule has 28 heavy (non-hydrogen) atoms. The van der Waals surface area contributed by atoms with Gasteiger partial charge in [0.25, 0.3) is 0 Å². The average Bonchev–Trinajstić information content (AvgIpc) is 3.18. The first kappa shape index (κ1) is 21.1. The second kappa shape index (κ2) is 9.74. The van der Waals surface area contributed by atoms with E-state index in [1.807, 2.05) is 0 Å². The number of rotatable bonds is 7. The Bertz CT molecular complexity index is 729. The molecule has 0 spiro atoms. The fourth-order valence-electron chi connectivity index (χ4n) is 4.26. The Labute approximate surface area is 169 Å². The fourth-order valence-corrected chi connectivity index (χ4v) is 5.54. The van der Waals surface area contributed by atoms with Gasteiger partial charge < -0.3 is 10.6 Å². The third-order valence-corrected chi connectivity index (χ3v) is 7.60. The Balaban J connectivity index is 1.56. The lowest BCUT2D eigenvalue weighted by molar-refractivity contribution is 0.299. The molecule has 1 aliphatic heterocycles. The van der Waals surface area contributed by atoms with E-state index in [2.05, 4.69) is 52.8 Å². The predicted molar refractivity (Wildman–Crippen MR) is 116 cm³/mol. The van der Waals surface area contributed by atoms with Crippen LogP contribution < -0.4 is 10.6 Å². The molecule has 0 atom stereocenters. The molecule has 1 saturated carbocycles. The zero-order valence-corrected chi connectivity index (χ0v) is 17.8. The van der Waals surface area contributed by atoms with E-state index in [-0.39, 0.29) is 16.9 Å². The van der Waals surface area contributed by atoms with Gasteiger partial charge in [0, 0.05) is 38.1 Å². The number of aliphatic imine (C=N–C) groups is 1. The van der Waals surface area contributed by atoms with E-state index in [9.17, 15) is 8.42 Å². The minimum Gasteiger partial charge on any atom is -0.357 e. The van der Waals surface area contributed by atoms with Crippen molar-refractivity contribution in [2.75, 3.05) is 50.8 Å². The lowest BCUT2D eigenvalue weighted by Gasteiger charge is -2.29. The van der Waals surface area contributed by atoms with E-state index in [0.29, 0.717) is 13.1 Å². The Morgan fingerprint density at radius 2 is 1.79 bits per heavy atom. The van der Waals surface area contributed by atoms with Crippen molar-refractivity contribution in [3.8, 4) is 0 Å². The van der Waals surface area contributed by atoms with Crippen LogP contribution in [0.25, 0.3) is 0 Å². The van der Waals surface area contributed by atoms with Crippen LogP contribution in [0.1, 0.15) is 38.2 Å². The van der Waals surface area contributed by atoms with Crippen molar-refractivity contribution < 1.29 is 8.42 Å². The third kappa shape index (κ3) is 5.70. The molecule has 2 aliphatic rings. The van der Waals surface area contributed by atoms with Gasteiger partial charge in [-0.05, 0) is 25.3 Å². The highest BCUT2D eigenvalue weighted by Gasteiger charge is 2.35. The summed E-state index contributed by atoms with van der Waals surface area (Å²) >= 11 is 0. The second-order valence-corrected chi connectivity index (χ2v) is 10.3. The Hall–Kier alpha value is -1.60. The van der Waals surface area contributed by atoms with E-state index in [1.165, 1.54) is 31.2 Å². The van der Waals surface area contributed by atoms with Crippen LogP contribution in [0.15, 0.2) is 35.3 Å². The van der Waals surface area contributed by atoms with Crippen molar-refractivity contribution in [1.29, 1.82) is 0 Å². The van der Waals surface area contributed by atoms with Crippen LogP contribution in [0.4, 0.5) is 0 Å². The smallest absolute Gasteiger partial charge is 0.191 e. The van der Waals surface area contributed by atoms with Gasteiger partial charge in [-0.25, -0.2) is 8.42 Å². The molecule has 0 radical (unpaired) electrons. The predicted octanol–water partition coefficient (Wildman–Crippen LogP) is 1.78. The molecule has 0 bridgehead atoms. The molecule has 0 aromatic heterocycles. The van der Waals surface area contributed by atoms with Gasteiger partial charge in [-0.2, -0.15) is 0 Å². The maximum atomic E-state index is 11.6. The van der Waals surface area contributed by atoms with Crippen LogP contribution in [0.2, 0.25) is 0 Å². The van der Waals surface area contributed by atoms with E-state index in [1.54, 1.807) is 0 Å². The van der Waals surface area contributed by atoms with Crippen LogP contribution in [-0.2, 0) is 15.3 Å². The molecule has 1 aliphatic carbocycles. The molecule has 0 unspecified atom stereocenters. The maximum absolute atomic E-state index is 11.6. The molecule has 3 rings (SSSR count). The molecular weight excluding hydrogens is 372 g/mol. The zero-order chi connectivity index (χ0) is 19.9. The molecular formula is C21H34N4O2S. The number of hydrogen-bond donors (Lipinski definition) is 2. The average molecular weight is 407 g/mol. The third-order valence-electron chi connectivity index (χ3n) is 5.99. The lowest BCUT2D eigenvalue weighted by atomic mass is 9.79. The van der Waals surface area contributed by atoms with Crippen molar-refractivity contribution in [2.24, 2.45) is 4.99 Å². The summed E-state index contributed by atoms with van der Waals surface area (Å²) in [5.41, 5.74) is 1.56. The van der Waals surface area contributed by atoms with Crippen molar-refractivity contribution in [1.82, 2.24) is 15.5 Å². The molecule has 7 heteroatoms. The minimum absolute atomic E-state index is 0.158. The summed E-state index contributed by atoms with van der Waals surface area (Å²) in [4.78, 5) is 7.14. The van der Waals surface area contributed by atoms with Crippen molar-refractivity contribution in [2.45, 2.75) is 38.0 Å². The number of nitrogens with one attached hydrogen (secondary N) is 2. The standard InChI is InChI=1S/C21H34N4O2S/c1-2-22-20(23-12-13-25-14-16-28(26,27)17-15-25)24-18-21(10-6-7-11-21)19-8-4-3-5-9-19/h3-5,8-9H,2,6-7,10-18H2,1H3,(H2,22,23,24). The Morgan fingerprint density at radius 1 is 1.11 bits per heavy atom. The van der Waals surface area contributed by atoms with E-state index < -0.39 is 9.84 Å². The van der Waals surface area contributed by atoms with Crippen molar-refractivity contribution in [3.05, 3.63) is 35.9 Å². The van der Waals surface area contributed by atoms with Gasteiger partial charge in [0.2, 0.25) is 0 Å². The fraction of sp³-hybridized carbons (Fsp3) is 0.667. The first-order valence-electron chi connectivity index (χ1n) is 10.5. The van der Waals surface area contributed by atoms with E-state index in [4.69, 9.17) is 4.99 Å². The molecule has 1 aromatic carbocycles. The molecule has 6 nitrogen and oxygen atoms in total. The monoisotopic (exact) mass is 406 g/mol. The van der Waals surface area contributed by atoms with Gasteiger partial charge in [-0.15, -0.1) is 0 Å². The minimum atomic E-state index is -2.82. The number of sulfone groups is 1. The Kier molecular flexibility index (Phi) is 7.35. The molecule has 2 fully saturated rings. The van der Waals surface area contributed by atoms with Crippen LogP contribution in [0.3, 0.4) is 0 Å². The summed E-state index contributed by atoms with van der Waals surface area (Å²) in [6.45, 7) is 6.58. The molecule has 1 aromatic rings. The van der Waals surface area contributed by atoms with E-state index in [0.717, 1.165) is 32.1 Å². The lowest BCUT2D eigenvalue weighted by Crippen LogP contribution is -2.46. The van der Waals surface area contributed by atoms with Crippen LogP contribution in [0, 0.1) is 0 Å². The summed E-state index contributed by atoms with van der Waals surface area (Å²) in [6, 6.07) is 10.8. The van der Waals surface area contributed by atoms with Crippen LogP contribution in [0.5, 0.6) is 0 Å². The normalized spacial score (nSPS) is 22.1. The largest absolute Gasteiger partial charge is 0.357 e. The SMILES string of the molecule is CCNC(=NCC1(c2ccccc2)CCCC1)NCCN1CCS(=O)(=O)CC1. The van der Waals surface area contributed by atoms with Crippen LogP contribution in [-0.4, -0.2) is 70.1 Å².